The van der Waals surface area contributed by atoms with Gasteiger partial charge in [0.1, 0.15) is 0 Å². The highest BCUT2D eigenvalue weighted by Gasteiger charge is 2.49. The zero-order chi connectivity index (χ0) is 19.4. The van der Waals surface area contributed by atoms with Gasteiger partial charge < -0.3 is 9.47 Å². The summed E-state index contributed by atoms with van der Waals surface area (Å²) >= 11 is 0. The molecule has 140 valence electrons. The highest BCUT2D eigenvalue weighted by Crippen LogP contribution is 2.32. The molecule has 0 radical (unpaired) electrons. The molecule has 0 saturated heterocycles. The van der Waals surface area contributed by atoms with Crippen LogP contribution in [0.4, 0.5) is 26.3 Å². The molecule has 0 aromatic rings. The zero-order valence-corrected chi connectivity index (χ0v) is 12.9. The smallest absolute Gasteiger partial charge is 0.432 e. The van der Waals surface area contributed by atoms with Crippen molar-refractivity contribution in [1.29, 1.82) is 0 Å². The van der Waals surface area contributed by atoms with Crippen molar-refractivity contribution in [2.24, 2.45) is 0 Å². The van der Waals surface area contributed by atoms with E-state index in [0.717, 1.165) is 12.8 Å². The van der Waals surface area contributed by atoms with Crippen LogP contribution in [0, 0.1) is 0 Å². The van der Waals surface area contributed by atoms with Crippen LogP contribution in [0.1, 0.15) is 26.2 Å². The van der Waals surface area contributed by atoms with E-state index in [0.29, 0.717) is 6.61 Å². The van der Waals surface area contributed by atoms with Crippen LogP contribution in [0.15, 0.2) is 25.3 Å². The van der Waals surface area contributed by atoms with E-state index in [4.69, 9.17) is 0 Å². The molecule has 1 atom stereocenters. The van der Waals surface area contributed by atoms with Crippen molar-refractivity contribution in [2.75, 3.05) is 6.61 Å². The summed E-state index contributed by atoms with van der Waals surface area (Å²) in [6, 6.07) is 0. The van der Waals surface area contributed by atoms with Gasteiger partial charge in [-0.15, -0.1) is 0 Å². The number of halogens is 6. The number of hydrogen-bond donors (Lipinski definition) is 0. The maximum Gasteiger partial charge on any atom is 0.432 e. The van der Waals surface area contributed by atoms with E-state index >= 15 is 0 Å². The second-order valence-electron chi connectivity index (χ2n) is 4.20. The van der Waals surface area contributed by atoms with E-state index in [1.165, 1.54) is 6.08 Å². The third kappa shape index (κ3) is 13.6. The minimum Gasteiger partial charge on any atom is -0.463 e. The molecule has 1 unspecified atom stereocenters. The molecule has 0 aromatic heterocycles. The Bertz CT molecular complexity index is 420. The molecule has 10 heteroatoms. The average Bonchev–Trinajstić information content (AvgIpc) is 2.45. The van der Waals surface area contributed by atoms with E-state index in [1.54, 1.807) is 0 Å². The Kier molecular flexibility index (Phi) is 11.6. The van der Waals surface area contributed by atoms with Crippen molar-refractivity contribution in [3.05, 3.63) is 25.3 Å². The topological polar surface area (TPSA) is 52.6 Å². The lowest BCUT2D eigenvalue weighted by atomic mass is 10.2. The molecule has 0 spiro atoms. The largest absolute Gasteiger partial charge is 0.463 e. The van der Waals surface area contributed by atoms with Gasteiger partial charge in [-0.2, -0.15) is 22.0 Å². The first-order valence-electron chi connectivity index (χ1n) is 6.62. The molecule has 0 bridgehead atoms. The Balaban J connectivity index is 0. The summed E-state index contributed by atoms with van der Waals surface area (Å²) in [5, 5.41) is 0. The summed E-state index contributed by atoms with van der Waals surface area (Å²) in [7, 11) is 0. The van der Waals surface area contributed by atoms with Gasteiger partial charge in [0.05, 0.1) is 13.0 Å². The lowest BCUT2D eigenvalue weighted by molar-refractivity contribution is -0.274. The van der Waals surface area contributed by atoms with Crippen LogP contribution in [-0.4, -0.2) is 37.0 Å². The van der Waals surface area contributed by atoms with Crippen molar-refractivity contribution in [3.8, 4) is 0 Å². The normalized spacial score (nSPS) is 12.3. The summed E-state index contributed by atoms with van der Waals surface area (Å²) in [4.78, 5) is 20.6. The highest BCUT2D eigenvalue weighted by atomic mass is 19.4. The fourth-order valence-corrected chi connectivity index (χ4v) is 0.938. The second kappa shape index (κ2) is 11.5. The van der Waals surface area contributed by atoms with Gasteiger partial charge in [-0.1, -0.05) is 26.5 Å². The summed E-state index contributed by atoms with van der Waals surface area (Å²) in [6.07, 6.45) is -12.5. The van der Waals surface area contributed by atoms with Crippen LogP contribution in [-0.2, 0) is 19.1 Å². The molecule has 24 heavy (non-hydrogen) atoms. The molecule has 0 fully saturated rings. The third-order valence-corrected chi connectivity index (χ3v) is 2.09. The molecule has 0 rings (SSSR count). The third-order valence-electron chi connectivity index (χ3n) is 2.09. The quantitative estimate of drug-likeness (QED) is 0.281. The number of alkyl halides is 6. The minimum absolute atomic E-state index is 0.286. The predicted molar refractivity (Wildman–Crippen MR) is 72.9 cm³/mol. The average molecular weight is 364 g/mol. The number of carbonyl (C=O) groups is 2. The van der Waals surface area contributed by atoms with Gasteiger partial charge >= 0.3 is 24.2 Å². The lowest BCUT2D eigenvalue weighted by Gasteiger charge is -2.20. The van der Waals surface area contributed by atoms with Crippen molar-refractivity contribution < 1.29 is 45.4 Å². The Morgan fingerprint density at radius 3 is 1.96 bits per heavy atom. The molecule has 4 nitrogen and oxygen atoms in total. The maximum atomic E-state index is 12.4. The van der Waals surface area contributed by atoms with Gasteiger partial charge in [-0.3, -0.25) is 0 Å². The van der Waals surface area contributed by atoms with Gasteiger partial charge in [0.25, 0.3) is 0 Å². The molecule has 0 amide bonds. The van der Waals surface area contributed by atoms with Crippen LogP contribution >= 0.6 is 0 Å². The van der Waals surface area contributed by atoms with Crippen molar-refractivity contribution in [2.45, 2.75) is 44.6 Å². The van der Waals surface area contributed by atoms with Gasteiger partial charge in [0.2, 0.25) is 6.17 Å². The fourth-order valence-electron chi connectivity index (χ4n) is 0.938. The molecule has 0 aliphatic rings. The first-order chi connectivity index (χ1) is 10.9. The molecule has 0 aliphatic carbocycles. The van der Waals surface area contributed by atoms with E-state index in [9.17, 15) is 35.9 Å². The Labute approximate surface area is 135 Å². The Morgan fingerprint density at radius 2 is 1.58 bits per heavy atom. The number of unbranched alkanes of at least 4 members (excludes halogenated alkanes) is 1. The summed E-state index contributed by atoms with van der Waals surface area (Å²) < 4.78 is 79.6. The first-order valence-corrected chi connectivity index (χ1v) is 6.62. The monoisotopic (exact) mass is 364 g/mol. The minimum atomic E-state index is -5.11. The molecule has 0 aliphatic heterocycles. The summed E-state index contributed by atoms with van der Waals surface area (Å²) in [5.74, 6) is -2.03. The SMILES string of the molecule is C=CC(=O)OC(F)(F)C(F)CC(F)(F)F.C=CC(=O)OCCCC. The fraction of sp³-hybridized carbons (Fsp3) is 0.571. The van der Waals surface area contributed by atoms with Crippen LogP contribution in [0.3, 0.4) is 0 Å². The standard InChI is InChI=1S/C7H6F6O2.C7H12O2/c1-2-5(14)15-7(12,13)4(8)3-6(9,10)11;1-3-5-6-9-7(8)4-2/h2,4H,1,3H2;4H,2-3,5-6H2,1H3. The summed E-state index contributed by atoms with van der Waals surface area (Å²) in [5.41, 5.74) is 0. The maximum absolute atomic E-state index is 12.4. The van der Waals surface area contributed by atoms with E-state index in [-0.39, 0.29) is 12.0 Å². The van der Waals surface area contributed by atoms with Crippen LogP contribution in [0.25, 0.3) is 0 Å². The van der Waals surface area contributed by atoms with Gasteiger partial charge in [0.15, 0.2) is 0 Å². The van der Waals surface area contributed by atoms with Crippen molar-refractivity contribution >= 4 is 11.9 Å². The van der Waals surface area contributed by atoms with Crippen molar-refractivity contribution in [1.82, 2.24) is 0 Å². The van der Waals surface area contributed by atoms with Crippen LogP contribution < -0.4 is 0 Å². The molecular formula is C14H18F6O4. The van der Waals surface area contributed by atoms with Gasteiger partial charge in [-0.25, -0.2) is 14.0 Å². The molecular weight excluding hydrogens is 346 g/mol. The number of ether oxygens (including phenoxy) is 2. The number of carbonyl (C=O) groups excluding carboxylic acids is 2. The van der Waals surface area contributed by atoms with Crippen LogP contribution in [0.5, 0.6) is 0 Å². The van der Waals surface area contributed by atoms with Gasteiger partial charge in [-0.05, 0) is 6.42 Å². The molecule has 0 heterocycles. The predicted octanol–water partition coefficient (Wildman–Crippen LogP) is 4.11. The zero-order valence-electron chi connectivity index (χ0n) is 12.9. The van der Waals surface area contributed by atoms with Crippen LogP contribution in [0.2, 0.25) is 0 Å². The first kappa shape index (κ1) is 24.3. The second-order valence-corrected chi connectivity index (χ2v) is 4.20. The molecule has 0 N–H and O–H groups in total. The number of esters is 2. The summed E-state index contributed by atoms with van der Waals surface area (Å²) in [6.45, 7) is 8.55. The van der Waals surface area contributed by atoms with E-state index < -0.39 is 30.8 Å². The Morgan fingerprint density at radius 1 is 1.08 bits per heavy atom. The van der Waals surface area contributed by atoms with Crippen molar-refractivity contribution in [3.63, 3.8) is 0 Å². The van der Waals surface area contributed by atoms with E-state index in [1.807, 2.05) is 6.92 Å². The van der Waals surface area contributed by atoms with E-state index in [2.05, 4.69) is 22.6 Å². The number of hydrogen-bond acceptors (Lipinski definition) is 4. The lowest BCUT2D eigenvalue weighted by Crippen LogP contribution is -2.38. The van der Waals surface area contributed by atoms with Gasteiger partial charge in [0, 0.05) is 12.2 Å². The number of rotatable bonds is 8. The Hall–Kier alpha value is -2.00. The molecule has 0 saturated carbocycles. The molecule has 0 aromatic carbocycles. The highest BCUT2D eigenvalue weighted by molar-refractivity contribution is 5.81.